The summed E-state index contributed by atoms with van der Waals surface area (Å²) in [6.07, 6.45) is 0. The van der Waals surface area contributed by atoms with Gasteiger partial charge < -0.3 is 20.9 Å². The van der Waals surface area contributed by atoms with Gasteiger partial charge in [-0.15, -0.1) is 0 Å². The van der Waals surface area contributed by atoms with Gasteiger partial charge in [-0.25, -0.2) is 0 Å². The number of hydrogen-bond acceptors (Lipinski definition) is 5. The van der Waals surface area contributed by atoms with Crippen LogP contribution in [0.25, 0.3) is 0 Å². The van der Waals surface area contributed by atoms with E-state index in [0.717, 1.165) is 5.56 Å². The number of nitrogen functional groups attached to an aromatic ring is 1. The molecular weight excluding hydrogens is 308 g/mol. The van der Waals surface area contributed by atoms with Crippen LogP contribution >= 0.6 is 0 Å². The number of Topliss-reactive ketones (excluding diaryl/α,β-unsaturated/α-hetero) is 1. The van der Waals surface area contributed by atoms with Crippen molar-refractivity contribution < 1.29 is 19.4 Å². The number of hydrogen-bond donors (Lipinski definition) is 3. The van der Waals surface area contributed by atoms with Crippen molar-refractivity contribution in [3.63, 3.8) is 0 Å². The summed E-state index contributed by atoms with van der Waals surface area (Å²) in [4.78, 5) is 25.2. The van der Waals surface area contributed by atoms with Gasteiger partial charge in [0, 0.05) is 23.7 Å². The summed E-state index contributed by atoms with van der Waals surface area (Å²) in [5, 5.41) is 14.0. The van der Waals surface area contributed by atoms with Crippen molar-refractivity contribution in [1.29, 1.82) is 0 Å². The maximum absolute atomic E-state index is 13.3. The first-order chi connectivity index (χ1) is 11.3. The highest BCUT2D eigenvalue weighted by molar-refractivity contribution is 6.15. The van der Waals surface area contributed by atoms with Gasteiger partial charge in [-0.2, -0.15) is 0 Å². The minimum absolute atomic E-state index is 0.181. The number of benzene rings is 2. The third-order valence-electron chi connectivity index (χ3n) is 4.70. The summed E-state index contributed by atoms with van der Waals surface area (Å²) in [7, 11) is 0. The van der Waals surface area contributed by atoms with E-state index in [1.807, 2.05) is 6.92 Å². The number of rotatable bonds is 1. The summed E-state index contributed by atoms with van der Waals surface area (Å²) in [6.45, 7) is 3.17. The zero-order valence-electron chi connectivity index (χ0n) is 13.2. The maximum Gasteiger partial charge on any atom is 0.271 e. The smallest absolute Gasteiger partial charge is 0.271 e. The molecule has 0 aromatic heterocycles. The van der Waals surface area contributed by atoms with Crippen LogP contribution in [0.3, 0.4) is 0 Å². The normalized spacial score (nSPS) is 26.4. The van der Waals surface area contributed by atoms with E-state index >= 15 is 0 Å². The Morgan fingerprint density at radius 1 is 1.25 bits per heavy atom. The highest BCUT2D eigenvalue weighted by atomic mass is 16.6. The molecule has 0 bridgehead atoms. The molecule has 2 aliphatic rings. The summed E-state index contributed by atoms with van der Waals surface area (Å²) < 4.78 is 5.82. The molecule has 1 aliphatic heterocycles. The number of ether oxygens (including phenoxy) is 1. The average Bonchev–Trinajstić information content (AvgIpc) is 2.84. The fraction of sp³-hybridized carbons (Fsp3) is 0.222. The highest BCUT2D eigenvalue weighted by Crippen LogP contribution is 2.58. The number of ketones is 1. The summed E-state index contributed by atoms with van der Waals surface area (Å²) in [5.74, 6) is -2.59. The maximum atomic E-state index is 13.3. The van der Waals surface area contributed by atoms with Crippen molar-refractivity contribution in [2.75, 3.05) is 5.73 Å². The Morgan fingerprint density at radius 3 is 2.71 bits per heavy atom. The third-order valence-corrected chi connectivity index (χ3v) is 4.70. The van der Waals surface area contributed by atoms with E-state index in [1.54, 1.807) is 36.4 Å². The lowest BCUT2D eigenvalue weighted by molar-refractivity contribution is -0.175. The quantitative estimate of drug-likeness (QED) is 0.687. The van der Waals surface area contributed by atoms with Gasteiger partial charge in [0.05, 0.1) is 5.56 Å². The molecule has 0 spiro atoms. The van der Waals surface area contributed by atoms with E-state index in [9.17, 15) is 14.7 Å². The Labute approximate surface area is 138 Å². The Morgan fingerprint density at radius 2 is 2.00 bits per heavy atom. The van der Waals surface area contributed by atoms with Crippen LogP contribution in [-0.4, -0.2) is 16.8 Å². The second-order valence-electron chi connectivity index (χ2n) is 6.28. The first-order valence-corrected chi connectivity index (χ1v) is 7.56. The van der Waals surface area contributed by atoms with Crippen LogP contribution < -0.4 is 15.8 Å². The molecule has 4 N–H and O–H groups in total. The van der Waals surface area contributed by atoms with E-state index in [-0.39, 0.29) is 16.8 Å². The first-order valence-electron chi connectivity index (χ1n) is 7.56. The Balaban J connectivity index is 2.08. The lowest BCUT2D eigenvalue weighted by Gasteiger charge is -2.34. The molecule has 1 aliphatic carbocycles. The van der Waals surface area contributed by atoms with E-state index in [4.69, 9.17) is 10.5 Å². The van der Waals surface area contributed by atoms with Crippen LogP contribution in [0.2, 0.25) is 0 Å². The van der Waals surface area contributed by atoms with Gasteiger partial charge >= 0.3 is 0 Å². The highest BCUT2D eigenvalue weighted by Gasteiger charge is 2.71. The molecule has 24 heavy (non-hydrogen) atoms. The molecule has 2 aromatic carbocycles. The molecule has 2 aromatic rings. The fourth-order valence-corrected chi connectivity index (χ4v) is 3.74. The molecule has 4 rings (SSSR count). The van der Waals surface area contributed by atoms with Gasteiger partial charge in [0.15, 0.2) is 0 Å². The lowest BCUT2D eigenvalue weighted by Crippen LogP contribution is -2.59. The Bertz CT molecular complexity index is 923. The van der Waals surface area contributed by atoms with Gasteiger partial charge in [0.25, 0.3) is 5.79 Å². The number of fused-ring (bicyclic) bond motifs is 5. The minimum Gasteiger partial charge on any atom is -0.454 e. The number of aryl methyl sites for hydroxylation is 1. The van der Waals surface area contributed by atoms with Crippen molar-refractivity contribution >= 4 is 17.4 Å². The van der Waals surface area contributed by atoms with Gasteiger partial charge in [-0.3, -0.25) is 9.59 Å². The monoisotopic (exact) mass is 324 g/mol. The molecule has 0 unspecified atom stereocenters. The SMILES string of the molecule is CC(=O)N[C@]12C(=O)c3c(N)cccc3[C@@]1(O)Oc1cc(C)ccc12. The molecule has 1 amide bonds. The molecule has 2 atom stereocenters. The van der Waals surface area contributed by atoms with Crippen LogP contribution in [0.4, 0.5) is 5.69 Å². The van der Waals surface area contributed by atoms with Gasteiger partial charge in [0.2, 0.25) is 17.2 Å². The number of nitrogens with two attached hydrogens (primary N) is 1. The van der Waals surface area contributed by atoms with Crippen molar-refractivity contribution in [3.05, 3.63) is 58.7 Å². The number of nitrogens with one attached hydrogen (secondary N) is 1. The average molecular weight is 324 g/mol. The largest absolute Gasteiger partial charge is 0.454 e. The Kier molecular flexibility index (Phi) is 2.67. The minimum atomic E-state index is -2.03. The summed E-state index contributed by atoms with van der Waals surface area (Å²) in [6, 6.07) is 10.0. The van der Waals surface area contributed by atoms with E-state index < -0.39 is 23.0 Å². The van der Waals surface area contributed by atoms with E-state index in [2.05, 4.69) is 5.32 Å². The molecule has 0 fully saturated rings. The van der Waals surface area contributed by atoms with Gasteiger partial charge in [-0.05, 0) is 24.6 Å². The number of aliphatic hydroxyl groups is 1. The second kappa shape index (κ2) is 4.36. The molecule has 0 saturated carbocycles. The van der Waals surface area contributed by atoms with Crippen molar-refractivity contribution in [1.82, 2.24) is 5.32 Å². The zero-order valence-corrected chi connectivity index (χ0v) is 13.2. The molecular formula is C18H16N2O4. The second-order valence-corrected chi connectivity index (χ2v) is 6.28. The van der Waals surface area contributed by atoms with Crippen molar-refractivity contribution in [2.45, 2.75) is 25.2 Å². The van der Waals surface area contributed by atoms with Crippen molar-refractivity contribution in [2.24, 2.45) is 0 Å². The molecule has 1 heterocycles. The Hall–Kier alpha value is -2.86. The molecule has 0 radical (unpaired) electrons. The van der Waals surface area contributed by atoms with Gasteiger partial charge in [-0.1, -0.05) is 24.3 Å². The standard InChI is InChI=1S/C18H16N2O4/c1-9-6-7-11-14(8-9)24-18(23)12-4-3-5-13(19)15(12)16(22)17(11,18)20-10(2)21/h3-8,23H,19H2,1-2H3,(H,20,21)/t17-,18-/m1/s1. The zero-order chi connectivity index (χ0) is 17.3. The first kappa shape index (κ1) is 14.7. The van der Waals surface area contributed by atoms with Crippen LogP contribution in [0, 0.1) is 6.92 Å². The number of carbonyl (C=O) groups excluding carboxylic acids is 2. The van der Waals surface area contributed by atoms with Crippen LogP contribution in [0.5, 0.6) is 5.75 Å². The molecule has 122 valence electrons. The van der Waals surface area contributed by atoms with Gasteiger partial charge in [0.1, 0.15) is 5.75 Å². The third kappa shape index (κ3) is 1.48. The number of anilines is 1. The topological polar surface area (TPSA) is 102 Å². The predicted molar refractivity (Wildman–Crippen MR) is 86.4 cm³/mol. The van der Waals surface area contributed by atoms with Crippen LogP contribution in [0.1, 0.15) is 34.0 Å². The van der Waals surface area contributed by atoms with Crippen LogP contribution in [0.15, 0.2) is 36.4 Å². The number of carbonyl (C=O) groups is 2. The van der Waals surface area contributed by atoms with Crippen molar-refractivity contribution in [3.8, 4) is 5.75 Å². The lowest BCUT2D eigenvalue weighted by atomic mass is 9.82. The fourth-order valence-electron chi connectivity index (χ4n) is 3.74. The van der Waals surface area contributed by atoms with Crippen LogP contribution in [-0.2, 0) is 16.1 Å². The molecule has 6 heteroatoms. The summed E-state index contributed by atoms with van der Waals surface area (Å²) >= 11 is 0. The van der Waals surface area contributed by atoms with E-state index in [0.29, 0.717) is 11.3 Å². The molecule has 6 nitrogen and oxygen atoms in total. The van der Waals surface area contributed by atoms with E-state index in [1.165, 1.54) is 6.92 Å². The summed E-state index contributed by atoms with van der Waals surface area (Å²) in [5.41, 5.74) is 6.23. The predicted octanol–water partition coefficient (Wildman–Crippen LogP) is 1.34. The number of amides is 1. The molecule has 0 saturated heterocycles.